The third-order valence-electron chi connectivity index (χ3n) is 4.47. The van der Waals surface area contributed by atoms with Gasteiger partial charge in [-0.25, -0.2) is 4.99 Å². The highest BCUT2D eigenvalue weighted by atomic mass is 16.2. The van der Waals surface area contributed by atoms with E-state index in [0.717, 1.165) is 11.3 Å². The van der Waals surface area contributed by atoms with Crippen molar-refractivity contribution in [1.29, 1.82) is 0 Å². The number of amides is 2. The highest BCUT2D eigenvalue weighted by Gasteiger charge is 2.16. The van der Waals surface area contributed by atoms with Gasteiger partial charge in [0, 0.05) is 43.3 Å². The molecule has 0 spiro atoms. The fourth-order valence-corrected chi connectivity index (χ4v) is 2.94. The van der Waals surface area contributed by atoms with Crippen LogP contribution in [0.1, 0.15) is 22.8 Å². The predicted octanol–water partition coefficient (Wildman–Crippen LogP) is 2.35. The van der Waals surface area contributed by atoms with Gasteiger partial charge in [-0.15, -0.1) is 0 Å². The molecule has 0 unspecified atom stereocenters. The lowest BCUT2D eigenvalue weighted by Gasteiger charge is -2.16. The lowest BCUT2D eigenvalue weighted by atomic mass is 10.0. The summed E-state index contributed by atoms with van der Waals surface area (Å²) in [5, 5.41) is 14.3. The molecule has 2 amide bonds. The fourth-order valence-electron chi connectivity index (χ4n) is 2.94. The molecule has 2 rings (SSSR count). The van der Waals surface area contributed by atoms with Crippen molar-refractivity contribution in [3.8, 4) is 0 Å². The van der Waals surface area contributed by atoms with Crippen LogP contribution in [0.2, 0.25) is 0 Å². The molecule has 0 heterocycles. The Labute approximate surface area is 187 Å². The Kier molecular flexibility index (Phi) is 9.32. The smallest absolute Gasteiger partial charge is 0.258 e. The number of nitrogens with zero attached hydrogens (tertiary/aromatic N) is 1. The van der Waals surface area contributed by atoms with Gasteiger partial charge >= 0.3 is 0 Å². The van der Waals surface area contributed by atoms with Gasteiger partial charge in [-0.1, -0.05) is 30.3 Å². The summed E-state index contributed by atoms with van der Waals surface area (Å²) in [6.07, 6.45) is 6.15. The van der Waals surface area contributed by atoms with Crippen molar-refractivity contribution in [1.82, 2.24) is 16.0 Å². The fraction of sp³-hybridized carbons (Fsp3) is 0.174. The van der Waals surface area contributed by atoms with Crippen molar-refractivity contribution in [3.63, 3.8) is 0 Å². The Bertz CT molecular complexity index is 1030. The van der Waals surface area contributed by atoms with Gasteiger partial charge in [-0.05, 0) is 25.1 Å². The van der Waals surface area contributed by atoms with Gasteiger partial charge in [0.15, 0.2) is 0 Å². The molecule has 0 radical (unpaired) electrons. The highest BCUT2D eigenvalue weighted by Crippen LogP contribution is 2.25. The van der Waals surface area contributed by atoms with Crippen LogP contribution >= 0.6 is 0 Å². The Morgan fingerprint density at radius 1 is 1.06 bits per heavy atom. The number of rotatable bonds is 10. The number of nitrogen functional groups attached to an aromatic ring is 1. The van der Waals surface area contributed by atoms with Gasteiger partial charge in [0.05, 0.1) is 29.9 Å². The van der Waals surface area contributed by atoms with E-state index < -0.39 is 0 Å². The van der Waals surface area contributed by atoms with E-state index in [9.17, 15) is 9.59 Å². The number of nitrogens with one attached hydrogen (secondary N) is 5. The second-order valence-electron chi connectivity index (χ2n) is 6.48. The van der Waals surface area contributed by atoms with Crippen molar-refractivity contribution >= 4 is 40.8 Å². The van der Waals surface area contributed by atoms with Crippen LogP contribution in [-0.4, -0.2) is 38.9 Å². The van der Waals surface area contributed by atoms with Crippen LogP contribution in [0.25, 0.3) is 5.57 Å². The first-order valence-corrected chi connectivity index (χ1v) is 10.0. The zero-order valence-corrected chi connectivity index (χ0v) is 18.4. The van der Waals surface area contributed by atoms with Crippen LogP contribution in [0.3, 0.4) is 0 Å². The average Bonchev–Trinajstić information content (AvgIpc) is 2.80. The third kappa shape index (κ3) is 6.36. The molecule has 0 saturated carbocycles. The third-order valence-corrected chi connectivity index (χ3v) is 4.47. The monoisotopic (exact) mass is 435 g/mol. The Morgan fingerprint density at radius 3 is 2.53 bits per heavy atom. The molecule has 7 N–H and O–H groups in total. The van der Waals surface area contributed by atoms with E-state index >= 15 is 0 Å². The van der Waals surface area contributed by atoms with E-state index in [-0.39, 0.29) is 18.5 Å². The van der Waals surface area contributed by atoms with Crippen LogP contribution in [0, 0.1) is 0 Å². The summed E-state index contributed by atoms with van der Waals surface area (Å²) >= 11 is 0. The second kappa shape index (κ2) is 12.4. The maximum absolute atomic E-state index is 12.8. The number of hydrogen-bond donors (Lipinski definition) is 6. The van der Waals surface area contributed by atoms with E-state index in [1.165, 1.54) is 12.5 Å². The molecule has 0 aliphatic rings. The normalized spacial score (nSPS) is 11.4. The summed E-state index contributed by atoms with van der Waals surface area (Å²) in [6.45, 7) is 1.88. The maximum atomic E-state index is 12.8. The minimum Gasteiger partial charge on any atom is -0.397 e. The summed E-state index contributed by atoms with van der Waals surface area (Å²) in [4.78, 5) is 29.2. The molecule has 2 aromatic rings. The molecule has 0 aliphatic heterocycles. The molecule has 0 fully saturated rings. The molecule has 2 aromatic carbocycles. The number of carbonyl (C=O) groups excluding carboxylic acids is 2. The molecule has 168 valence electrons. The summed E-state index contributed by atoms with van der Waals surface area (Å²) < 4.78 is 0. The molecular weight excluding hydrogens is 406 g/mol. The summed E-state index contributed by atoms with van der Waals surface area (Å²) in [6, 6.07) is 12.5. The summed E-state index contributed by atoms with van der Waals surface area (Å²) in [5.74, 6) is -0.642. The van der Waals surface area contributed by atoms with Gasteiger partial charge in [0.2, 0.25) is 0 Å². The second-order valence-corrected chi connectivity index (χ2v) is 6.48. The van der Waals surface area contributed by atoms with Crippen molar-refractivity contribution in [2.45, 2.75) is 6.92 Å². The molecule has 0 aliphatic carbocycles. The number of benzene rings is 2. The van der Waals surface area contributed by atoms with E-state index in [1.54, 1.807) is 51.5 Å². The SMILES string of the molecule is C/C=C(/C(=O)NCNc1c(N)cccc1C(=O)NC=N/C=C\NC)c1ccccc1NC. The quantitative estimate of drug-likeness (QED) is 0.112. The van der Waals surface area contributed by atoms with E-state index in [4.69, 9.17) is 5.73 Å². The van der Waals surface area contributed by atoms with Crippen molar-refractivity contribution in [2.75, 3.05) is 37.1 Å². The lowest BCUT2D eigenvalue weighted by molar-refractivity contribution is -0.115. The Balaban J connectivity index is 2.07. The molecular formula is C23H29N7O2. The zero-order chi connectivity index (χ0) is 23.3. The highest BCUT2D eigenvalue weighted by molar-refractivity contribution is 6.21. The molecule has 32 heavy (non-hydrogen) atoms. The topological polar surface area (TPSA) is 133 Å². The average molecular weight is 436 g/mol. The van der Waals surface area contributed by atoms with Crippen LogP contribution in [0.15, 0.2) is 65.9 Å². The molecule has 0 aromatic heterocycles. The number of hydrogen-bond acceptors (Lipinski definition) is 7. The van der Waals surface area contributed by atoms with E-state index in [0.29, 0.717) is 22.5 Å². The first kappa shape index (κ1) is 24.0. The number of aliphatic imine (C=N–C) groups is 1. The van der Waals surface area contributed by atoms with Gasteiger partial charge in [0.1, 0.15) is 0 Å². The van der Waals surface area contributed by atoms with Gasteiger partial charge in [0.25, 0.3) is 11.8 Å². The first-order valence-electron chi connectivity index (χ1n) is 10.0. The van der Waals surface area contributed by atoms with Crippen LogP contribution in [-0.2, 0) is 4.79 Å². The van der Waals surface area contributed by atoms with Gasteiger partial charge in [-0.3, -0.25) is 9.59 Å². The minimum absolute atomic E-state index is 0.0748. The Hall–Kier alpha value is -4.27. The van der Waals surface area contributed by atoms with Gasteiger partial charge < -0.3 is 32.3 Å². The molecule has 0 bridgehead atoms. The number of allylic oxidation sites excluding steroid dienone is 1. The van der Waals surface area contributed by atoms with Crippen LogP contribution < -0.4 is 32.3 Å². The summed E-state index contributed by atoms with van der Waals surface area (Å²) in [7, 11) is 3.55. The molecule has 0 atom stereocenters. The minimum atomic E-state index is -0.384. The predicted molar refractivity (Wildman–Crippen MR) is 131 cm³/mol. The van der Waals surface area contributed by atoms with Crippen LogP contribution in [0.4, 0.5) is 17.1 Å². The van der Waals surface area contributed by atoms with Crippen molar-refractivity contribution < 1.29 is 9.59 Å². The zero-order valence-electron chi connectivity index (χ0n) is 18.4. The number of nitrogens with two attached hydrogens (primary N) is 1. The number of carbonyl (C=O) groups is 2. The molecule has 0 saturated heterocycles. The van der Waals surface area contributed by atoms with Crippen molar-refractivity contribution in [3.05, 3.63) is 72.1 Å². The van der Waals surface area contributed by atoms with E-state index in [2.05, 4.69) is 31.6 Å². The van der Waals surface area contributed by atoms with Crippen LogP contribution in [0.5, 0.6) is 0 Å². The molecule has 9 heteroatoms. The maximum Gasteiger partial charge on any atom is 0.258 e. The Morgan fingerprint density at radius 2 is 1.81 bits per heavy atom. The summed E-state index contributed by atoms with van der Waals surface area (Å²) in [5.41, 5.74) is 9.36. The van der Waals surface area contributed by atoms with Gasteiger partial charge in [-0.2, -0.15) is 0 Å². The first-order chi connectivity index (χ1) is 15.5. The number of para-hydroxylation sites is 2. The standard InChI is InChI=1S/C23H29N7O2/c1-4-16(17-8-5-6-11-20(17)26-3)22(31)30-15-28-21-18(9-7-10-19(21)24)23(32)29-14-27-13-12-25-2/h4-14,25-26,28H,15,24H2,1-3H3,(H,30,31)(H,27,29,32)/b13-12-,16-4+. The number of anilines is 3. The van der Waals surface area contributed by atoms with E-state index in [1.807, 2.05) is 24.3 Å². The largest absolute Gasteiger partial charge is 0.397 e. The molecule has 9 nitrogen and oxygen atoms in total. The lowest BCUT2D eigenvalue weighted by Crippen LogP contribution is -2.31. The van der Waals surface area contributed by atoms with Crippen molar-refractivity contribution in [2.24, 2.45) is 4.99 Å².